The van der Waals surface area contributed by atoms with Gasteiger partial charge in [0.1, 0.15) is 0 Å². The number of ketones is 1. The van der Waals surface area contributed by atoms with Crippen LogP contribution >= 0.6 is 11.8 Å². The number of carbonyl (C=O) groups excluding carboxylic acids is 1. The van der Waals surface area contributed by atoms with Crippen LogP contribution in [0.15, 0.2) is 30.5 Å². The minimum atomic E-state index is 0.225. The molecule has 3 aromatic rings. The predicted molar refractivity (Wildman–Crippen MR) is 125 cm³/mol. The molecule has 1 aromatic carbocycles. The fourth-order valence-corrected chi connectivity index (χ4v) is 6.63. The molecule has 0 saturated heterocycles. The number of nitrogens with one attached hydrogen (secondary N) is 1. The van der Waals surface area contributed by atoms with Gasteiger partial charge in [-0.05, 0) is 73.9 Å². The van der Waals surface area contributed by atoms with E-state index in [2.05, 4.69) is 46.9 Å². The Bertz CT molecular complexity index is 1210. The highest BCUT2D eigenvalue weighted by Crippen LogP contribution is 2.44. The lowest BCUT2D eigenvalue weighted by molar-refractivity contribution is 0.0739. The van der Waals surface area contributed by atoms with Gasteiger partial charge in [-0.15, -0.1) is 0 Å². The second-order valence-corrected chi connectivity index (χ2v) is 10.0. The number of Topliss-reactive ketones (excluding diaryl/α,β-unsaturated/α-hetero) is 1. The molecule has 3 aliphatic rings. The van der Waals surface area contributed by atoms with E-state index in [1.807, 2.05) is 17.8 Å². The molecule has 1 aliphatic carbocycles. The van der Waals surface area contributed by atoms with E-state index >= 15 is 0 Å². The molecular weight excluding hydrogens is 404 g/mol. The Morgan fingerprint density at radius 3 is 2.81 bits per heavy atom. The number of nitrogens with zero attached hydrogens (tertiary/aromatic N) is 3. The number of carbonyl (C=O) groups is 1. The maximum absolute atomic E-state index is 13.2. The van der Waals surface area contributed by atoms with E-state index in [1.54, 1.807) is 6.20 Å². The molecule has 1 saturated carbocycles. The van der Waals surface area contributed by atoms with Crippen molar-refractivity contribution in [1.82, 2.24) is 14.5 Å². The van der Waals surface area contributed by atoms with Crippen molar-refractivity contribution in [3.8, 4) is 11.3 Å². The van der Waals surface area contributed by atoms with Gasteiger partial charge >= 0.3 is 0 Å². The fraction of sp³-hybridized carbons (Fsp3) is 0.400. The number of aromatic nitrogens is 3. The van der Waals surface area contributed by atoms with Gasteiger partial charge in [-0.1, -0.05) is 6.07 Å². The van der Waals surface area contributed by atoms with E-state index in [-0.39, 0.29) is 5.92 Å². The van der Waals surface area contributed by atoms with Crippen LogP contribution in [0.2, 0.25) is 0 Å². The van der Waals surface area contributed by atoms with Crippen LogP contribution < -0.4 is 5.32 Å². The standard InChI is InChI=1S/C25H26N4OS/c1-14-22(15(2)29-10-8-16-4-6-20(16)24(30)23(14)29)21-7-9-26-25(28-21)27-19-5-3-17-12-31-13-18(17)11-19/h3,5,7,9,11,16,20H,4,6,8,10,12-13H2,1-2H3,(H,26,27,28). The zero-order valence-electron chi connectivity index (χ0n) is 17.9. The highest BCUT2D eigenvalue weighted by atomic mass is 32.2. The normalized spacial score (nSPS) is 21.7. The van der Waals surface area contributed by atoms with Crippen molar-refractivity contribution >= 4 is 29.2 Å². The number of anilines is 2. The largest absolute Gasteiger partial charge is 0.342 e. The van der Waals surface area contributed by atoms with Gasteiger partial charge in [0.25, 0.3) is 0 Å². The first-order chi connectivity index (χ1) is 15.1. The maximum Gasteiger partial charge on any atom is 0.227 e. The van der Waals surface area contributed by atoms with Crippen molar-refractivity contribution < 1.29 is 4.79 Å². The van der Waals surface area contributed by atoms with Crippen LogP contribution in [0.4, 0.5) is 11.6 Å². The van der Waals surface area contributed by atoms with Crippen molar-refractivity contribution in [3.63, 3.8) is 0 Å². The Balaban J connectivity index is 1.36. The molecule has 4 heterocycles. The monoisotopic (exact) mass is 430 g/mol. The van der Waals surface area contributed by atoms with Crippen LogP contribution in [0.25, 0.3) is 11.3 Å². The molecule has 6 rings (SSSR count). The van der Waals surface area contributed by atoms with Crippen molar-refractivity contribution in [3.05, 3.63) is 58.5 Å². The highest BCUT2D eigenvalue weighted by molar-refractivity contribution is 7.98. The van der Waals surface area contributed by atoms with Crippen molar-refractivity contribution in [2.75, 3.05) is 5.32 Å². The summed E-state index contributed by atoms with van der Waals surface area (Å²) >= 11 is 1.95. The van der Waals surface area contributed by atoms with Crippen LogP contribution in [-0.4, -0.2) is 20.3 Å². The third kappa shape index (κ3) is 3.03. The summed E-state index contributed by atoms with van der Waals surface area (Å²) in [6, 6.07) is 8.46. The van der Waals surface area contributed by atoms with Crippen LogP contribution in [-0.2, 0) is 18.1 Å². The van der Waals surface area contributed by atoms with Crippen molar-refractivity contribution in [1.29, 1.82) is 0 Å². The lowest BCUT2D eigenvalue weighted by Crippen LogP contribution is -2.31. The lowest BCUT2D eigenvalue weighted by atomic mass is 9.69. The van der Waals surface area contributed by atoms with Gasteiger partial charge in [-0.2, -0.15) is 11.8 Å². The van der Waals surface area contributed by atoms with E-state index in [0.717, 1.165) is 64.8 Å². The summed E-state index contributed by atoms with van der Waals surface area (Å²) < 4.78 is 2.25. The number of hydrogen-bond acceptors (Lipinski definition) is 5. The molecule has 1 N–H and O–H groups in total. The third-order valence-electron chi connectivity index (χ3n) is 7.37. The highest BCUT2D eigenvalue weighted by Gasteiger charge is 2.41. The summed E-state index contributed by atoms with van der Waals surface area (Å²) in [5.74, 6) is 3.89. The van der Waals surface area contributed by atoms with Gasteiger partial charge in [0.15, 0.2) is 5.78 Å². The van der Waals surface area contributed by atoms with Crippen LogP contribution in [0, 0.1) is 25.7 Å². The summed E-state index contributed by atoms with van der Waals surface area (Å²) in [5, 5.41) is 3.38. The number of hydrogen-bond donors (Lipinski definition) is 1. The van der Waals surface area contributed by atoms with Crippen LogP contribution in [0.5, 0.6) is 0 Å². The predicted octanol–water partition coefficient (Wildman–Crippen LogP) is 5.66. The molecule has 2 atom stereocenters. The van der Waals surface area contributed by atoms with Gasteiger partial charge in [0.05, 0.1) is 11.4 Å². The number of benzene rings is 1. The molecule has 0 spiro atoms. The average Bonchev–Trinajstić information content (AvgIpc) is 3.26. The molecular formula is C25H26N4OS. The first-order valence-electron chi connectivity index (χ1n) is 11.1. The Labute approximate surface area is 186 Å². The van der Waals surface area contributed by atoms with Gasteiger partial charge < -0.3 is 9.88 Å². The minimum Gasteiger partial charge on any atom is -0.342 e. The molecule has 2 unspecified atom stereocenters. The second-order valence-electron chi connectivity index (χ2n) is 9.05. The van der Waals surface area contributed by atoms with E-state index < -0.39 is 0 Å². The molecule has 31 heavy (non-hydrogen) atoms. The summed E-state index contributed by atoms with van der Waals surface area (Å²) in [5.41, 5.74) is 8.90. The smallest absolute Gasteiger partial charge is 0.227 e. The first-order valence-corrected chi connectivity index (χ1v) is 12.3. The van der Waals surface area contributed by atoms with Gasteiger partial charge in [0, 0.05) is 47.1 Å². The zero-order valence-corrected chi connectivity index (χ0v) is 18.8. The summed E-state index contributed by atoms with van der Waals surface area (Å²) in [7, 11) is 0. The average molecular weight is 431 g/mol. The Morgan fingerprint density at radius 1 is 1.10 bits per heavy atom. The SMILES string of the molecule is Cc1c(-c2ccnc(Nc3ccc4c(c3)CSC4)n2)c(C)n2c1C(=O)C1CCC1CC2. The Morgan fingerprint density at radius 2 is 1.97 bits per heavy atom. The van der Waals surface area contributed by atoms with E-state index in [4.69, 9.17) is 4.98 Å². The molecule has 0 amide bonds. The third-order valence-corrected chi connectivity index (χ3v) is 8.40. The quantitative estimate of drug-likeness (QED) is 0.580. The van der Waals surface area contributed by atoms with E-state index in [1.165, 1.54) is 17.5 Å². The Kier molecular flexibility index (Phi) is 4.46. The van der Waals surface area contributed by atoms with Crippen LogP contribution in [0.3, 0.4) is 0 Å². The second kappa shape index (κ2) is 7.23. The fourth-order valence-electron chi connectivity index (χ4n) is 5.54. The first kappa shape index (κ1) is 19.1. The van der Waals surface area contributed by atoms with Gasteiger partial charge in [-0.25, -0.2) is 9.97 Å². The van der Waals surface area contributed by atoms with Crippen molar-refractivity contribution in [2.24, 2.45) is 11.8 Å². The van der Waals surface area contributed by atoms with Gasteiger partial charge in [-0.3, -0.25) is 4.79 Å². The van der Waals surface area contributed by atoms with Crippen molar-refractivity contribution in [2.45, 2.75) is 51.2 Å². The number of rotatable bonds is 3. The topological polar surface area (TPSA) is 59.8 Å². The van der Waals surface area contributed by atoms with Crippen LogP contribution in [0.1, 0.15) is 52.1 Å². The lowest BCUT2D eigenvalue weighted by Gasteiger charge is -2.33. The molecule has 0 bridgehead atoms. The number of thioether (sulfide) groups is 1. The minimum absolute atomic E-state index is 0.225. The van der Waals surface area contributed by atoms with E-state index in [0.29, 0.717) is 17.6 Å². The van der Waals surface area contributed by atoms with Gasteiger partial charge in [0.2, 0.25) is 5.95 Å². The molecule has 5 nitrogen and oxygen atoms in total. The molecule has 2 aromatic heterocycles. The summed E-state index contributed by atoms with van der Waals surface area (Å²) in [6.07, 6.45) is 5.16. The number of fused-ring (bicyclic) bond motifs is 3. The molecule has 1 fully saturated rings. The molecule has 2 aliphatic heterocycles. The molecule has 158 valence electrons. The summed E-state index contributed by atoms with van der Waals surface area (Å²) in [4.78, 5) is 22.5. The zero-order chi connectivity index (χ0) is 21.1. The van der Waals surface area contributed by atoms with E-state index in [9.17, 15) is 4.79 Å². The molecule has 6 heteroatoms. The Hall–Kier alpha value is -2.60. The summed E-state index contributed by atoms with van der Waals surface area (Å²) in [6.45, 7) is 5.14. The maximum atomic E-state index is 13.2. The molecule has 0 radical (unpaired) electrons.